The van der Waals surface area contributed by atoms with Gasteiger partial charge in [-0.25, -0.2) is 8.42 Å². The number of hydrogen-bond acceptors (Lipinski definition) is 6. The molecule has 1 atom stereocenters. The molecule has 154 valence electrons. The number of piperazine rings is 1. The van der Waals surface area contributed by atoms with Crippen LogP contribution in [0, 0.1) is 17.2 Å². The van der Waals surface area contributed by atoms with Crippen LogP contribution in [0.15, 0.2) is 0 Å². The Hall–Kier alpha value is -1.47. The van der Waals surface area contributed by atoms with E-state index in [4.69, 9.17) is 0 Å². The number of carbonyl (C=O) groups excluding carboxylic acids is 1. The molecule has 0 aromatic carbocycles. The molecule has 1 aliphatic carbocycles. The lowest BCUT2D eigenvalue weighted by Gasteiger charge is -2.33. The number of carbonyl (C=O) groups is 1. The minimum Gasteiger partial charge on any atom is -0.317 e. The second-order valence-electron chi connectivity index (χ2n) is 7.61. The molecule has 1 amide bonds. The molecule has 0 radical (unpaired) electrons. The average Bonchev–Trinajstić information content (AvgIpc) is 3.02. The van der Waals surface area contributed by atoms with Gasteiger partial charge in [0.25, 0.3) is 0 Å². The zero-order valence-electron chi connectivity index (χ0n) is 16.5. The zero-order valence-corrected chi connectivity index (χ0v) is 18.2. The van der Waals surface area contributed by atoms with Crippen LogP contribution in [-0.2, 0) is 27.7 Å². The van der Waals surface area contributed by atoms with E-state index in [-0.39, 0.29) is 11.7 Å². The molecule has 9 heteroatoms. The molecular formula is C19H28N4O3S2. The molecule has 7 nitrogen and oxygen atoms in total. The first-order chi connectivity index (χ1) is 13.3. The number of hydrogen-bond donors (Lipinski definition) is 1. The third kappa shape index (κ3) is 4.74. The van der Waals surface area contributed by atoms with Gasteiger partial charge < -0.3 is 10.2 Å². The van der Waals surface area contributed by atoms with Crippen molar-refractivity contribution in [2.75, 3.05) is 43.8 Å². The minimum absolute atomic E-state index is 0.0910. The quantitative estimate of drug-likeness (QED) is 0.754. The van der Waals surface area contributed by atoms with Crippen molar-refractivity contribution in [2.24, 2.45) is 5.92 Å². The van der Waals surface area contributed by atoms with Crippen molar-refractivity contribution in [3.05, 3.63) is 16.0 Å². The molecule has 1 aromatic heterocycles. The summed E-state index contributed by atoms with van der Waals surface area (Å²) in [7, 11) is -3.13. The van der Waals surface area contributed by atoms with Gasteiger partial charge in [-0.05, 0) is 37.7 Å². The summed E-state index contributed by atoms with van der Waals surface area (Å²) >= 11 is 1.54. The number of nitrogens with one attached hydrogen (secondary N) is 1. The van der Waals surface area contributed by atoms with Crippen LogP contribution in [0.25, 0.3) is 0 Å². The summed E-state index contributed by atoms with van der Waals surface area (Å²) in [5.41, 5.74) is 1.76. The van der Waals surface area contributed by atoms with Gasteiger partial charge >= 0.3 is 0 Å². The fourth-order valence-electron chi connectivity index (χ4n) is 3.82. The second-order valence-corrected chi connectivity index (χ2v) is 11.0. The van der Waals surface area contributed by atoms with Gasteiger partial charge in [0.1, 0.15) is 11.1 Å². The van der Waals surface area contributed by atoms with Crippen molar-refractivity contribution < 1.29 is 13.2 Å². The van der Waals surface area contributed by atoms with E-state index >= 15 is 0 Å². The van der Waals surface area contributed by atoms with Gasteiger partial charge in [0, 0.05) is 44.0 Å². The summed E-state index contributed by atoms with van der Waals surface area (Å²) in [4.78, 5) is 15.8. The Kier molecular flexibility index (Phi) is 6.76. The molecule has 28 heavy (non-hydrogen) atoms. The maximum absolute atomic E-state index is 12.4. The van der Waals surface area contributed by atoms with Crippen molar-refractivity contribution in [3.63, 3.8) is 0 Å². The number of nitriles is 1. The van der Waals surface area contributed by atoms with E-state index in [1.165, 1.54) is 9.18 Å². The van der Waals surface area contributed by atoms with Gasteiger partial charge in [0.15, 0.2) is 0 Å². The smallest absolute Gasteiger partial charge is 0.226 e. The van der Waals surface area contributed by atoms with Crippen LogP contribution >= 0.6 is 11.3 Å². The van der Waals surface area contributed by atoms with Gasteiger partial charge in [-0.15, -0.1) is 11.3 Å². The van der Waals surface area contributed by atoms with E-state index in [0.29, 0.717) is 55.6 Å². The van der Waals surface area contributed by atoms with Crippen LogP contribution in [0.4, 0.5) is 5.00 Å². The van der Waals surface area contributed by atoms with E-state index in [1.807, 2.05) is 0 Å². The maximum Gasteiger partial charge on any atom is 0.226 e. The van der Waals surface area contributed by atoms with Crippen LogP contribution in [0.3, 0.4) is 0 Å². The molecule has 2 heterocycles. The van der Waals surface area contributed by atoms with E-state index in [0.717, 1.165) is 24.8 Å². The summed E-state index contributed by atoms with van der Waals surface area (Å²) in [5, 5.41) is 13.2. The van der Waals surface area contributed by atoms with Crippen LogP contribution in [0.5, 0.6) is 0 Å². The Morgan fingerprint density at radius 3 is 2.68 bits per heavy atom. The Bertz CT molecular complexity index is 864. The van der Waals surface area contributed by atoms with Crippen molar-refractivity contribution >= 4 is 32.3 Å². The number of amides is 1. The summed E-state index contributed by atoms with van der Waals surface area (Å²) in [6.07, 6.45) is 3.32. The molecule has 1 fully saturated rings. The Morgan fingerprint density at radius 2 is 2.04 bits per heavy atom. The van der Waals surface area contributed by atoms with E-state index in [9.17, 15) is 18.5 Å². The SMILES string of the molecule is CCS(=O)(=O)N1CCN(CCC(=O)Nc2sc3c(c2C#N)CCC(C)C3)CC1. The standard InChI is InChI=1S/C19H28N4O3S2/c1-3-28(25,26)23-10-8-22(9-11-23)7-6-18(24)21-19-16(13-20)15-5-4-14(2)12-17(15)27-19/h14H,3-12H2,1-2H3,(H,21,24). The number of nitrogens with zero attached hydrogens (tertiary/aromatic N) is 3. The number of thiophene rings is 1. The predicted octanol–water partition coefficient (Wildman–Crippen LogP) is 2.04. The van der Waals surface area contributed by atoms with Gasteiger partial charge in [0.2, 0.25) is 15.9 Å². The van der Waals surface area contributed by atoms with Crippen LogP contribution in [0.2, 0.25) is 0 Å². The fraction of sp³-hybridized carbons (Fsp3) is 0.684. The normalized spacial score (nSPS) is 21.1. The van der Waals surface area contributed by atoms with Crippen LogP contribution in [-0.4, -0.2) is 62.0 Å². The molecule has 1 aliphatic heterocycles. The van der Waals surface area contributed by atoms with Crippen LogP contribution < -0.4 is 5.32 Å². The molecular weight excluding hydrogens is 396 g/mol. The maximum atomic E-state index is 12.4. The predicted molar refractivity (Wildman–Crippen MR) is 111 cm³/mol. The third-order valence-electron chi connectivity index (χ3n) is 5.62. The number of sulfonamides is 1. The molecule has 0 spiro atoms. The molecule has 2 aliphatic rings. The summed E-state index contributed by atoms with van der Waals surface area (Å²) in [5.74, 6) is 0.656. The minimum atomic E-state index is -3.13. The van der Waals surface area contributed by atoms with Gasteiger partial charge in [-0.1, -0.05) is 6.92 Å². The van der Waals surface area contributed by atoms with Gasteiger partial charge in [-0.2, -0.15) is 9.57 Å². The largest absolute Gasteiger partial charge is 0.317 e. The highest BCUT2D eigenvalue weighted by atomic mass is 32.2. The second kappa shape index (κ2) is 8.91. The Balaban J connectivity index is 1.52. The van der Waals surface area contributed by atoms with Crippen molar-refractivity contribution in [1.29, 1.82) is 5.26 Å². The summed E-state index contributed by atoms with van der Waals surface area (Å²) in [6, 6.07) is 2.28. The fourth-order valence-corrected chi connectivity index (χ4v) is 6.28. The Labute approximate surface area is 171 Å². The van der Waals surface area contributed by atoms with Crippen molar-refractivity contribution in [1.82, 2.24) is 9.21 Å². The van der Waals surface area contributed by atoms with Gasteiger partial charge in [0.05, 0.1) is 11.3 Å². The van der Waals surface area contributed by atoms with Crippen molar-refractivity contribution in [3.8, 4) is 6.07 Å². The van der Waals surface area contributed by atoms with Crippen LogP contribution in [0.1, 0.15) is 42.7 Å². The highest BCUT2D eigenvalue weighted by Gasteiger charge is 2.27. The summed E-state index contributed by atoms with van der Waals surface area (Å²) in [6.45, 7) is 6.71. The first-order valence-corrected chi connectivity index (χ1v) is 12.3. The van der Waals surface area contributed by atoms with E-state index in [2.05, 4.69) is 23.2 Å². The monoisotopic (exact) mass is 424 g/mol. The molecule has 3 rings (SSSR count). The molecule has 0 saturated carbocycles. The molecule has 1 saturated heterocycles. The first-order valence-electron chi connectivity index (χ1n) is 9.88. The molecule has 1 aromatic rings. The highest BCUT2D eigenvalue weighted by Crippen LogP contribution is 2.39. The molecule has 0 bridgehead atoms. The zero-order chi connectivity index (χ0) is 20.3. The molecule has 1 N–H and O–H groups in total. The third-order valence-corrected chi connectivity index (χ3v) is 8.67. The lowest BCUT2D eigenvalue weighted by atomic mass is 9.89. The molecule has 1 unspecified atom stereocenters. The summed E-state index contributed by atoms with van der Waals surface area (Å²) < 4.78 is 25.4. The number of anilines is 1. The van der Waals surface area contributed by atoms with E-state index < -0.39 is 10.0 Å². The lowest BCUT2D eigenvalue weighted by molar-refractivity contribution is -0.116. The number of rotatable bonds is 6. The van der Waals surface area contributed by atoms with Crippen molar-refractivity contribution in [2.45, 2.75) is 39.5 Å². The topological polar surface area (TPSA) is 93.5 Å². The van der Waals surface area contributed by atoms with E-state index in [1.54, 1.807) is 18.3 Å². The average molecular weight is 425 g/mol. The first kappa shape index (κ1) is 21.2. The van der Waals surface area contributed by atoms with Gasteiger partial charge in [-0.3, -0.25) is 4.79 Å². The Morgan fingerprint density at radius 1 is 1.32 bits per heavy atom. The highest BCUT2D eigenvalue weighted by molar-refractivity contribution is 7.89. The number of fused-ring (bicyclic) bond motifs is 1. The lowest BCUT2D eigenvalue weighted by Crippen LogP contribution is -2.49.